The molecule has 0 radical (unpaired) electrons. The Morgan fingerprint density at radius 3 is 2.39 bits per heavy atom. The fourth-order valence-electron chi connectivity index (χ4n) is 4.98. The van der Waals surface area contributed by atoms with E-state index in [0.717, 1.165) is 17.0 Å². The van der Waals surface area contributed by atoms with Crippen LogP contribution in [0, 0.1) is 32.1 Å². The summed E-state index contributed by atoms with van der Waals surface area (Å²) in [6.45, 7) is 0. The van der Waals surface area contributed by atoms with Crippen molar-refractivity contribution in [3.8, 4) is 5.75 Å². The molecule has 0 aromatic heterocycles. The van der Waals surface area contributed by atoms with Crippen molar-refractivity contribution in [1.82, 2.24) is 5.01 Å². The van der Waals surface area contributed by atoms with Crippen molar-refractivity contribution in [1.29, 1.82) is 0 Å². The van der Waals surface area contributed by atoms with Crippen molar-refractivity contribution >= 4 is 40.9 Å². The number of Topliss-reactive ketones (excluding diaryl/α,β-unsaturated/α-hetero) is 1. The van der Waals surface area contributed by atoms with E-state index >= 15 is 0 Å². The van der Waals surface area contributed by atoms with Crippen molar-refractivity contribution in [3.63, 3.8) is 0 Å². The molecule has 0 aliphatic carbocycles. The number of anilines is 1. The zero-order chi connectivity index (χ0) is 25.7. The molecule has 5 rings (SSSR count). The average Bonchev–Trinajstić information content (AvgIpc) is 3.35. The van der Waals surface area contributed by atoms with E-state index in [1.165, 1.54) is 48.7 Å². The number of ether oxygens (including phenoxy) is 1. The minimum Gasteiger partial charge on any atom is -0.495 e. The maximum Gasteiger partial charge on any atom is 0.271 e. The van der Waals surface area contributed by atoms with E-state index in [-0.39, 0.29) is 28.4 Å². The van der Waals surface area contributed by atoms with Crippen molar-refractivity contribution < 1.29 is 29.0 Å². The smallest absolute Gasteiger partial charge is 0.271 e. The number of hydrogen-bond acceptors (Lipinski definition) is 10. The number of nitrogens with zero attached hydrogens (tertiary/aromatic N) is 5. The fourth-order valence-corrected chi connectivity index (χ4v) is 4.98. The first-order valence-electron chi connectivity index (χ1n) is 10.7. The second-order valence-electron chi connectivity index (χ2n) is 8.31. The molecule has 36 heavy (non-hydrogen) atoms. The lowest BCUT2D eigenvalue weighted by Gasteiger charge is -2.30. The quantitative estimate of drug-likeness (QED) is 0.254. The van der Waals surface area contributed by atoms with Crippen LogP contribution in [0.15, 0.2) is 59.7 Å². The average molecular weight is 491 g/mol. The van der Waals surface area contributed by atoms with Gasteiger partial charge in [0.05, 0.1) is 34.8 Å². The number of ketones is 1. The number of rotatable bonds is 6. The minimum atomic E-state index is -1.23. The van der Waals surface area contributed by atoms with Gasteiger partial charge in [-0.15, -0.1) is 0 Å². The number of carbonyl (C=O) groups is 3. The summed E-state index contributed by atoms with van der Waals surface area (Å²) in [6.07, 6.45) is 4.65. The van der Waals surface area contributed by atoms with Crippen LogP contribution in [0.5, 0.6) is 5.75 Å². The van der Waals surface area contributed by atoms with Gasteiger partial charge < -0.3 is 4.74 Å². The van der Waals surface area contributed by atoms with Gasteiger partial charge in [-0.1, -0.05) is 18.2 Å². The Balaban J connectivity index is 1.60. The van der Waals surface area contributed by atoms with E-state index in [0.29, 0.717) is 0 Å². The van der Waals surface area contributed by atoms with Crippen LogP contribution in [0.25, 0.3) is 0 Å². The molecule has 3 heterocycles. The number of imide groups is 1. The molecule has 182 valence electrons. The second-order valence-corrected chi connectivity index (χ2v) is 8.31. The van der Waals surface area contributed by atoms with Crippen molar-refractivity contribution in [2.24, 2.45) is 16.9 Å². The van der Waals surface area contributed by atoms with Gasteiger partial charge in [-0.05, 0) is 12.1 Å². The SMILES string of the molecule is COc1ccc([N+](=O)[O-])cc1N1C(=O)[C@@H]2[C@H](C1=O)[C@@H](C(=O)c1cccc([N+](=O)[O-])c1)N1N=CC=C[C@@H]21. The number of nitro groups is 2. The normalized spacial score (nSPS) is 24.0. The number of nitro benzene ring substituents is 2. The highest BCUT2D eigenvalue weighted by atomic mass is 16.6. The first-order valence-corrected chi connectivity index (χ1v) is 10.7. The Bertz CT molecular complexity index is 1400. The largest absolute Gasteiger partial charge is 0.495 e. The van der Waals surface area contributed by atoms with E-state index in [1.807, 2.05) is 0 Å². The van der Waals surface area contributed by atoms with Gasteiger partial charge in [-0.2, -0.15) is 5.10 Å². The van der Waals surface area contributed by atoms with Crippen LogP contribution < -0.4 is 9.64 Å². The topological polar surface area (TPSA) is 166 Å². The van der Waals surface area contributed by atoms with Gasteiger partial charge in [0, 0.05) is 36.0 Å². The summed E-state index contributed by atoms with van der Waals surface area (Å²) in [6, 6.07) is 6.66. The standard InChI is InChI=1S/C23H17N5O8/c1-36-17-8-7-14(28(34)35)11-16(17)25-22(30)18-15-6-3-9-24-26(15)20(19(18)23(25)31)21(29)12-4-2-5-13(10-12)27(32)33/h2-11,15,18-20H,1H3/t15-,18-,19-,20-/m0/s1. The second kappa shape index (κ2) is 8.37. The number of non-ortho nitro benzene ring substituents is 2. The maximum atomic E-state index is 13.7. The Hall–Kier alpha value is -4.94. The Morgan fingerprint density at radius 2 is 1.69 bits per heavy atom. The van der Waals surface area contributed by atoms with Gasteiger partial charge in [-0.25, -0.2) is 4.90 Å². The predicted molar refractivity (Wildman–Crippen MR) is 124 cm³/mol. The first kappa shape index (κ1) is 22.8. The number of benzene rings is 2. The van der Waals surface area contributed by atoms with Crippen molar-refractivity contribution in [2.75, 3.05) is 12.0 Å². The Kier molecular flexibility index (Phi) is 5.31. The van der Waals surface area contributed by atoms with E-state index in [1.54, 1.807) is 12.2 Å². The molecule has 2 amide bonds. The third kappa shape index (κ3) is 3.32. The molecule has 2 aromatic rings. The van der Waals surface area contributed by atoms with Gasteiger partial charge in [0.15, 0.2) is 5.78 Å². The molecule has 2 aromatic carbocycles. The molecule has 13 nitrogen and oxygen atoms in total. The summed E-state index contributed by atoms with van der Waals surface area (Å²) in [4.78, 5) is 63.0. The number of amides is 2. The van der Waals surface area contributed by atoms with E-state index in [2.05, 4.69) is 5.10 Å². The van der Waals surface area contributed by atoms with Gasteiger partial charge >= 0.3 is 0 Å². The van der Waals surface area contributed by atoms with Crippen LogP contribution in [0.4, 0.5) is 17.1 Å². The summed E-state index contributed by atoms with van der Waals surface area (Å²) < 4.78 is 5.25. The maximum absolute atomic E-state index is 13.7. The third-order valence-electron chi connectivity index (χ3n) is 6.52. The summed E-state index contributed by atoms with van der Waals surface area (Å²) in [7, 11) is 1.30. The number of methoxy groups -OCH3 is 1. The van der Waals surface area contributed by atoms with E-state index in [9.17, 15) is 34.6 Å². The summed E-state index contributed by atoms with van der Waals surface area (Å²) in [5.74, 6) is -4.14. The van der Waals surface area contributed by atoms with E-state index in [4.69, 9.17) is 4.74 Å². The molecular weight excluding hydrogens is 474 g/mol. The highest BCUT2D eigenvalue weighted by Gasteiger charge is 2.64. The van der Waals surface area contributed by atoms with Crippen LogP contribution in [-0.4, -0.2) is 57.9 Å². The van der Waals surface area contributed by atoms with Gasteiger partial charge in [0.25, 0.3) is 11.4 Å². The minimum absolute atomic E-state index is 0.00928. The van der Waals surface area contributed by atoms with Crippen LogP contribution >= 0.6 is 0 Å². The number of fused-ring (bicyclic) bond motifs is 3. The lowest BCUT2D eigenvalue weighted by atomic mass is 9.86. The summed E-state index contributed by atoms with van der Waals surface area (Å²) >= 11 is 0. The highest BCUT2D eigenvalue weighted by molar-refractivity contribution is 6.25. The molecule has 13 heteroatoms. The van der Waals surface area contributed by atoms with Crippen LogP contribution in [-0.2, 0) is 9.59 Å². The number of allylic oxidation sites excluding steroid dienone is 1. The Morgan fingerprint density at radius 1 is 1.00 bits per heavy atom. The van der Waals surface area contributed by atoms with Gasteiger partial charge in [-0.3, -0.25) is 39.6 Å². The highest BCUT2D eigenvalue weighted by Crippen LogP contribution is 2.48. The van der Waals surface area contributed by atoms with E-state index < -0.39 is 51.4 Å². The summed E-state index contributed by atoms with van der Waals surface area (Å²) in [5, 5.41) is 28.2. The van der Waals surface area contributed by atoms with Crippen LogP contribution in [0.2, 0.25) is 0 Å². The lowest BCUT2D eigenvalue weighted by molar-refractivity contribution is -0.385. The lowest BCUT2D eigenvalue weighted by Crippen LogP contribution is -2.46. The molecule has 0 spiro atoms. The monoisotopic (exact) mass is 491 g/mol. The van der Waals surface area contributed by atoms with Crippen LogP contribution in [0.1, 0.15) is 10.4 Å². The zero-order valence-electron chi connectivity index (χ0n) is 18.6. The molecule has 3 aliphatic rings. The van der Waals surface area contributed by atoms with Gasteiger partial charge in [0.2, 0.25) is 11.8 Å². The molecule has 2 saturated heterocycles. The number of carbonyl (C=O) groups excluding carboxylic acids is 3. The van der Waals surface area contributed by atoms with Crippen molar-refractivity contribution in [3.05, 3.63) is 80.4 Å². The molecule has 0 unspecified atom stereocenters. The Labute approximate surface area is 202 Å². The van der Waals surface area contributed by atoms with Crippen molar-refractivity contribution in [2.45, 2.75) is 12.1 Å². The first-order chi connectivity index (χ1) is 17.2. The summed E-state index contributed by atoms with van der Waals surface area (Å²) in [5.41, 5.74) is -0.764. The number of hydrazone groups is 1. The third-order valence-corrected chi connectivity index (χ3v) is 6.52. The molecule has 2 fully saturated rings. The molecule has 3 aliphatic heterocycles. The molecule has 0 saturated carbocycles. The molecule has 4 atom stereocenters. The molecule has 0 N–H and O–H groups in total. The number of hydrogen-bond donors (Lipinski definition) is 0. The van der Waals surface area contributed by atoms with Crippen LogP contribution in [0.3, 0.4) is 0 Å². The molecule has 0 bridgehead atoms. The fraction of sp³-hybridized carbons (Fsp3) is 0.217. The predicted octanol–water partition coefficient (Wildman–Crippen LogP) is 2.11. The zero-order valence-corrected chi connectivity index (χ0v) is 18.6. The molecular formula is C23H17N5O8. The van der Waals surface area contributed by atoms with Gasteiger partial charge in [0.1, 0.15) is 17.5 Å².